The number of methoxy groups -OCH3 is 1. The molecule has 3 heterocycles. The number of rotatable bonds is 8. The van der Waals surface area contributed by atoms with Crippen LogP contribution in [0.3, 0.4) is 0 Å². The van der Waals surface area contributed by atoms with E-state index in [1.54, 1.807) is 30.3 Å². The van der Waals surface area contributed by atoms with Crippen LogP contribution in [0.25, 0.3) is 11.3 Å². The van der Waals surface area contributed by atoms with Crippen molar-refractivity contribution in [2.45, 2.75) is 25.4 Å². The van der Waals surface area contributed by atoms with Gasteiger partial charge in [-0.05, 0) is 42.0 Å². The van der Waals surface area contributed by atoms with E-state index in [2.05, 4.69) is 28.1 Å². The first-order chi connectivity index (χ1) is 19.6. The molecule has 1 amide bonds. The molecule has 2 aliphatic heterocycles. The number of carbonyl (C=O) groups is 1. The number of aliphatic hydroxyl groups is 1. The van der Waals surface area contributed by atoms with E-state index in [1.807, 2.05) is 18.2 Å². The van der Waals surface area contributed by atoms with Crippen molar-refractivity contribution in [3.05, 3.63) is 65.6 Å². The Balaban J connectivity index is 1.28. The van der Waals surface area contributed by atoms with E-state index in [0.29, 0.717) is 62.7 Å². The summed E-state index contributed by atoms with van der Waals surface area (Å²) in [5.74, 6) is 1.73. The standard InChI is InChI=1S/C30H33N5O5/c1-38-28-16-21(2-4-26(28)34-12-14-39-15-13-34)17-29-32-9-6-25(33-29)22-3-5-27(23(18-22)19-31)40-24-7-10-35(11-8-24)30(37)20-36/h2-6,9,16,18,24,36H,7-8,10-15,17,20H2,1H3. The Morgan fingerprint density at radius 2 is 1.90 bits per heavy atom. The van der Waals surface area contributed by atoms with E-state index in [0.717, 1.165) is 41.3 Å². The molecule has 0 atom stereocenters. The SMILES string of the molecule is COc1cc(Cc2nccc(-c3ccc(OC4CCN(C(=O)CO)CC4)c(C#N)c3)n2)ccc1N1CCOCC1. The molecule has 2 fully saturated rings. The number of hydrogen-bond donors (Lipinski definition) is 1. The van der Waals surface area contributed by atoms with Gasteiger partial charge in [0, 0.05) is 57.2 Å². The second-order valence-electron chi connectivity index (χ2n) is 9.82. The van der Waals surface area contributed by atoms with Crippen molar-refractivity contribution in [3.63, 3.8) is 0 Å². The highest BCUT2D eigenvalue weighted by atomic mass is 16.5. The first kappa shape index (κ1) is 27.4. The maximum absolute atomic E-state index is 11.7. The lowest BCUT2D eigenvalue weighted by molar-refractivity contribution is -0.135. The number of benzene rings is 2. The molecule has 2 saturated heterocycles. The van der Waals surface area contributed by atoms with Crippen molar-refractivity contribution in [3.8, 4) is 28.8 Å². The number of aromatic nitrogens is 2. The largest absolute Gasteiger partial charge is 0.495 e. The van der Waals surface area contributed by atoms with Crippen LogP contribution in [0, 0.1) is 11.3 Å². The molecule has 0 aliphatic carbocycles. The second-order valence-corrected chi connectivity index (χ2v) is 9.82. The minimum Gasteiger partial charge on any atom is -0.495 e. The van der Waals surface area contributed by atoms with E-state index in [-0.39, 0.29) is 12.0 Å². The molecule has 1 aromatic heterocycles. The third-order valence-corrected chi connectivity index (χ3v) is 7.28. The molecule has 10 nitrogen and oxygen atoms in total. The highest BCUT2D eigenvalue weighted by molar-refractivity contribution is 5.77. The van der Waals surface area contributed by atoms with Crippen LogP contribution in [0.15, 0.2) is 48.7 Å². The fourth-order valence-corrected chi connectivity index (χ4v) is 5.11. The van der Waals surface area contributed by atoms with Crippen molar-refractivity contribution < 1.29 is 24.1 Å². The summed E-state index contributed by atoms with van der Waals surface area (Å²) in [6, 6.07) is 15.7. The average molecular weight is 544 g/mol. The number of piperidine rings is 1. The van der Waals surface area contributed by atoms with E-state index in [1.165, 1.54) is 0 Å². The highest BCUT2D eigenvalue weighted by Gasteiger charge is 2.24. The van der Waals surface area contributed by atoms with Gasteiger partial charge in [0.2, 0.25) is 5.91 Å². The van der Waals surface area contributed by atoms with Gasteiger partial charge in [-0.1, -0.05) is 6.07 Å². The van der Waals surface area contributed by atoms with Gasteiger partial charge in [0.05, 0.1) is 37.3 Å². The summed E-state index contributed by atoms with van der Waals surface area (Å²) in [6.45, 7) is 3.65. The Labute approximate surface area is 233 Å². The van der Waals surface area contributed by atoms with Crippen LogP contribution >= 0.6 is 0 Å². The Bertz CT molecular complexity index is 1380. The number of hydrogen-bond acceptors (Lipinski definition) is 9. The lowest BCUT2D eigenvalue weighted by atomic mass is 10.1. The summed E-state index contributed by atoms with van der Waals surface area (Å²) < 4.78 is 17.3. The van der Waals surface area contributed by atoms with Crippen LogP contribution in [-0.4, -0.2) is 85.1 Å². The van der Waals surface area contributed by atoms with E-state index >= 15 is 0 Å². The van der Waals surface area contributed by atoms with Gasteiger partial charge in [0.15, 0.2) is 0 Å². The first-order valence-electron chi connectivity index (χ1n) is 13.5. The van der Waals surface area contributed by atoms with Gasteiger partial charge < -0.3 is 29.1 Å². The van der Waals surface area contributed by atoms with Gasteiger partial charge >= 0.3 is 0 Å². The van der Waals surface area contributed by atoms with Crippen molar-refractivity contribution >= 4 is 11.6 Å². The van der Waals surface area contributed by atoms with Crippen LogP contribution in [0.5, 0.6) is 11.5 Å². The number of aliphatic hydroxyl groups excluding tert-OH is 1. The zero-order valence-electron chi connectivity index (χ0n) is 22.6. The molecular weight excluding hydrogens is 510 g/mol. The van der Waals surface area contributed by atoms with Crippen LogP contribution < -0.4 is 14.4 Å². The molecule has 208 valence electrons. The molecule has 10 heteroatoms. The summed E-state index contributed by atoms with van der Waals surface area (Å²) in [7, 11) is 1.68. The third kappa shape index (κ3) is 6.33. The molecule has 1 N–H and O–H groups in total. The summed E-state index contributed by atoms with van der Waals surface area (Å²) in [5.41, 5.74) is 4.05. The second kappa shape index (κ2) is 12.8. The predicted octanol–water partition coefficient (Wildman–Crippen LogP) is 2.81. The molecule has 2 aliphatic rings. The van der Waals surface area contributed by atoms with E-state index in [4.69, 9.17) is 24.3 Å². The van der Waals surface area contributed by atoms with Crippen molar-refractivity contribution in [2.24, 2.45) is 0 Å². The van der Waals surface area contributed by atoms with Crippen LogP contribution in [0.2, 0.25) is 0 Å². The summed E-state index contributed by atoms with van der Waals surface area (Å²) in [5, 5.41) is 18.9. The zero-order valence-corrected chi connectivity index (χ0v) is 22.6. The highest BCUT2D eigenvalue weighted by Crippen LogP contribution is 2.31. The Morgan fingerprint density at radius 1 is 1.10 bits per heavy atom. The quantitative estimate of drug-likeness (QED) is 0.457. The molecule has 5 rings (SSSR count). The van der Waals surface area contributed by atoms with Gasteiger partial charge in [-0.2, -0.15) is 5.26 Å². The minimum atomic E-state index is -0.480. The number of nitrogens with zero attached hydrogens (tertiary/aromatic N) is 5. The first-order valence-corrected chi connectivity index (χ1v) is 13.5. The average Bonchev–Trinajstić information content (AvgIpc) is 3.01. The van der Waals surface area contributed by atoms with Gasteiger partial charge in [0.1, 0.15) is 36.1 Å². The van der Waals surface area contributed by atoms with E-state index in [9.17, 15) is 10.1 Å². The number of carbonyl (C=O) groups excluding carboxylic acids is 1. The Hall–Kier alpha value is -4.20. The number of amides is 1. The number of likely N-dealkylation sites (tertiary alicyclic amines) is 1. The smallest absolute Gasteiger partial charge is 0.248 e. The predicted molar refractivity (Wildman–Crippen MR) is 148 cm³/mol. The van der Waals surface area contributed by atoms with Crippen LogP contribution in [0.4, 0.5) is 5.69 Å². The number of anilines is 1. The minimum absolute atomic E-state index is 0.0991. The fourth-order valence-electron chi connectivity index (χ4n) is 5.11. The van der Waals surface area contributed by atoms with Gasteiger partial charge in [-0.3, -0.25) is 4.79 Å². The summed E-state index contributed by atoms with van der Waals surface area (Å²) >= 11 is 0. The molecule has 40 heavy (non-hydrogen) atoms. The molecule has 0 unspecified atom stereocenters. The lowest BCUT2D eigenvalue weighted by Gasteiger charge is -2.32. The fraction of sp³-hybridized carbons (Fsp3) is 0.400. The van der Waals surface area contributed by atoms with E-state index < -0.39 is 6.61 Å². The lowest BCUT2D eigenvalue weighted by Crippen LogP contribution is -2.42. The van der Waals surface area contributed by atoms with Crippen LogP contribution in [-0.2, 0) is 16.0 Å². The Morgan fingerprint density at radius 3 is 2.62 bits per heavy atom. The molecule has 0 radical (unpaired) electrons. The monoisotopic (exact) mass is 543 g/mol. The van der Waals surface area contributed by atoms with Crippen LogP contribution in [0.1, 0.15) is 29.8 Å². The van der Waals surface area contributed by atoms with Gasteiger partial charge in [-0.25, -0.2) is 9.97 Å². The normalized spacial score (nSPS) is 15.9. The summed E-state index contributed by atoms with van der Waals surface area (Å²) in [6.07, 6.45) is 3.46. The third-order valence-electron chi connectivity index (χ3n) is 7.28. The Kier molecular flexibility index (Phi) is 8.74. The summed E-state index contributed by atoms with van der Waals surface area (Å²) in [4.78, 5) is 24.9. The van der Waals surface area contributed by atoms with Crippen molar-refractivity contribution in [1.82, 2.24) is 14.9 Å². The maximum atomic E-state index is 11.7. The number of nitriles is 1. The number of ether oxygens (including phenoxy) is 3. The molecule has 3 aromatic rings. The van der Waals surface area contributed by atoms with Gasteiger partial charge in [-0.15, -0.1) is 0 Å². The molecule has 0 bridgehead atoms. The van der Waals surface area contributed by atoms with Crippen molar-refractivity contribution in [2.75, 3.05) is 58.0 Å². The number of morpholine rings is 1. The maximum Gasteiger partial charge on any atom is 0.248 e. The molecular formula is C30H33N5O5. The zero-order chi connectivity index (χ0) is 27.9. The molecule has 2 aromatic carbocycles. The molecule has 0 saturated carbocycles. The molecule has 0 spiro atoms. The van der Waals surface area contributed by atoms with Crippen molar-refractivity contribution in [1.29, 1.82) is 5.26 Å². The van der Waals surface area contributed by atoms with Gasteiger partial charge in [0.25, 0.3) is 0 Å². The topological polar surface area (TPSA) is 121 Å².